The van der Waals surface area contributed by atoms with Crippen LogP contribution in [-0.4, -0.2) is 20.7 Å². The van der Waals surface area contributed by atoms with Crippen LogP contribution in [0.15, 0.2) is 29.0 Å². The van der Waals surface area contributed by atoms with E-state index in [0.29, 0.717) is 23.1 Å². The fraction of sp³-hybridized carbons (Fsp3) is 0.182. The van der Waals surface area contributed by atoms with Crippen molar-refractivity contribution in [3.05, 3.63) is 39.6 Å². The molecule has 1 heterocycles. The first-order chi connectivity index (χ1) is 8.61. The summed E-state index contributed by atoms with van der Waals surface area (Å²) in [6, 6.07) is 5.07. The summed E-state index contributed by atoms with van der Waals surface area (Å²) in [5.41, 5.74) is 0.394. The van der Waals surface area contributed by atoms with E-state index in [-0.39, 0.29) is 5.91 Å². The van der Waals surface area contributed by atoms with Gasteiger partial charge in [0.15, 0.2) is 0 Å². The molecule has 0 aliphatic rings. The lowest BCUT2D eigenvalue weighted by atomic mass is 10.2. The number of aryl methyl sites for hydroxylation is 1. The lowest BCUT2D eigenvalue weighted by Crippen LogP contribution is -2.16. The molecule has 7 heteroatoms. The number of carbonyl (C=O) groups is 1. The van der Waals surface area contributed by atoms with Crippen LogP contribution >= 0.6 is 27.5 Å². The van der Waals surface area contributed by atoms with Crippen LogP contribution in [0.3, 0.4) is 0 Å². The molecule has 0 bridgehead atoms. The topological polar surface area (TPSA) is 59.8 Å². The Balaban J connectivity index is 2.22. The molecular formula is C11H10BrClN4O. The Hall–Kier alpha value is -1.40. The molecule has 0 radical (unpaired) electrons. The molecule has 2 rings (SSSR count). The Bertz CT molecular complexity index is 584. The molecule has 0 spiro atoms. The number of amides is 1. The molecule has 2 aromatic rings. The van der Waals surface area contributed by atoms with Crippen molar-refractivity contribution in [1.29, 1.82) is 0 Å². The fourth-order valence-electron chi connectivity index (χ4n) is 1.43. The number of rotatable bonds is 3. The number of nitrogens with zero attached hydrogens (tertiary/aromatic N) is 3. The Labute approximate surface area is 117 Å². The molecule has 94 valence electrons. The van der Waals surface area contributed by atoms with Crippen molar-refractivity contribution in [2.75, 3.05) is 5.32 Å². The van der Waals surface area contributed by atoms with Gasteiger partial charge in [-0.3, -0.25) is 14.7 Å². The largest absolute Gasteiger partial charge is 0.300 e. The minimum atomic E-state index is -0.310. The van der Waals surface area contributed by atoms with Gasteiger partial charge < -0.3 is 0 Å². The number of hydrogen-bond donors (Lipinski definition) is 1. The van der Waals surface area contributed by atoms with Crippen molar-refractivity contribution >= 4 is 39.4 Å². The SMILES string of the molecule is CCn1cnnc1NC(=O)c1ccc(Br)cc1Cl. The van der Waals surface area contributed by atoms with Crippen molar-refractivity contribution in [2.45, 2.75) is 13.5 Å². The summed E-state index contributed by atoms with van der Waals surface area (Å²) in [5.74, 6) is 0.0942. The van der Waals surface area contributed by atoms with E-state index in [2.05, 4.69) is 31.4 Å². The molecule has 1 amide bonds. The molecule has 0 saturated carbocycles. The number of aromatic nitrogens is 3. The number of hydrogen-bond acceptors (Lipinski definition) is 3. The fourth-order valence-corrected chi connectivity index (χ4v) is 2.18. The van der Waals surface area contributed by atoms with Gasteiger partial charge in [0.05, 0.1) is 10.6 Å². The molecule has 0 aliphatic heterocycles. The van der Waals surface area contributed by atoms with Gasteiger partial charge in [0.25, 0.3) is 5.91 Å². The molecule has 0 fully saturated rings. The normalized spacial score (nSPS) is 10.4. The maximum Gasteiger partial charge on any atom is 0.259 e. The summed E-state index contributed by atoms with van der Waals surface area (Å²) in [4.78, 5) is 12.0. The van der Waals surface area contributed by atoms with Gasteiger partial charge in [-0.25, -0.2) is 0 Å². The van der Waals surface area contributed by atoms with Gasteiger partial charge in [0, 0.05) is 11.0 Å². The lowest BCUT2D eigenvalue weighted by molar-refractivity contribution is 0.102. The summed E-state index contributed by atoms with van der Waals surface area (Å²) in [6.07, 6.45) is 1.55. The van der Waals surface area contributed by atoms with E-state index in [0.717, 1.165) is 4.47 Å². The molecule has 0 aliphatic carbocycles. The number of halogens is 2. The Morgan fingerprint density at radius 2 is 2.33 bits per heavy atom. The van der Waals surface area contributed by atoms with Crippen molar-refractivity contribution in [1.82, 2.24) is 14.8 Å². The summed E-state index contributed by atoms with van der Waals surface area (Å²) >= 11 is 9.29. The van der Waals surface area contributed by atoms with E-state index in [1.54, 1.807) is 29.1 Å². The third kappa shape index (κ3) is 2.70. The first kappa shape index (κ1) is 13.0. The first-order valence-electron chi connectivity index (χ1n) is 5.26. The maximum atomic E-state index is 12.0. The summed E-state index contributed by atoms with van der Waals surface area (Å²) in [6.45, 7) is 2.61. The second kappa shape index (κ2) is 5.49. The summed E-state index contributed by atoms with van der Waals surface area (Å²) in [7, 11) is 0. The van der Waals surface area contributed by atoms with Crippen LogP contribution in [0.4, 0.5) is 5.95 Å². The van der Waals surface area contributed by atoms with Crippen LogP contribution < -0.4 is 5.32 Å². The van der Waals surface area contributed by atoms with Crippen molar-refractivity contribution < 1.29 is 4.79 Å². The number of carbonyl (C=O) groups excluding carboxylic acids is 1. The molecule has 0 unspecified atom stereocenters. The highest BCUT2D eigenvalue weighted by Gasteiger charge is 2.13. The Morgan fingerprint density at radius 3 is 3.00 bits per heavy atom. The highest BCUT2D eigenvalue weighted by Crippen LogP contribution is 2.22. The summed E-state index contributed by atoms with van der Waals surface area (Å²) < 4.78 is 2.55. The van der Waals surface area contributed by atoms with Crippen molar-refractivity contribution in [2.24, 2.45) is 0 Å². The van der Waals surface area contributed by atoms with Gasteiger partial charge in [-0.2, -0.15) is 0 Å². The van der Waals surface area contributed by atoms with Gasteiger partial charge in [-0.05, 0) is 25.1 Å². The molecule has 0 saturated heterocycles. The Morgan fingerprint density at radius 1 is 1.56 bits per heavy atom. The highest BCUT2D eigenvalue weighted by molar-refractivity contribution is 9.10. The average molecular weight is 330 g/mol. The van der Waals surface area contributed by atoms with E-state index in [1.807, 2.05) is 6.92 Å². The zero-order valence-electron chi connectivity index (χ0n) is 9.52. The average Bonchev–Trinajstić information content (AvgIpc) is 2.76. The quantitative estimate of drug-likeness (QED) is 0.942. The summed E-state index contributed by atoms with van der Waals surface area (Å²) in [5, 5.41) is 10.6. The van der Waals surface area contributed by atoms with Crippen LogP contribution in [0.1, 0.15) is 17.3 Å². The van der Waals surface area contributed by atoms with Crippen LogP contribution in [0.25, 0.3) is 0 Å². The van der Waals surface area contributed by atoms with Gasteiger partial charge in [-0.1, -0.05) is 27.5 Å². The van der Waals surface area contributed by atoms with Gasteiger partial charge in [0.1, 0.15) is 6.33 Å². The zero-order valence-corrected chi connectivity index (χ0v) is 11.9. The molecule has 0 atom stereocenters. The lowest BCUT2D eigenvalue weighted by Gasteiger charge is -2.07. The van der Waals surface area contributed by atoms with Crippen LogP contribution in [-0.2, 0) is 6.54 Å². The highest BCUT2D eigenvalue weighted by atomic mass is 79.9. The first-order valence-corrected chi connectivity index (χ1v) is 6.43. The van der Waals surface area contributed by atoms with E-state index in [4.69, 9.17) is 11.6 Å². The molecule has 1 aromatic heterocycles. The minimum Gasteiger partial charge on any atom is -0.300 e. The maximum absolute atomic E-state index is 12.0. The second-order valence-corrected chi connectivity index (χ2v) is 4.84. The van der Waals surface area contributed by atoms with Crippen LogP contribution in [0.2, 0.25) is 5.02 Å². The predicted molar refractivity (Wildman–Crippen MR) is 72.8 cm³/mol. The molecule has 5 nitrogen and oxygen atoms in total. The standard InChI is InChI=1S/C11H10BrClN4O/c1-2-17-6-14-16-11(17)15-10(18)8-4-3-7(12)5-9(8)13/h3-6H,2H2,1H3,(H,15,16,18). The molecule has 1 N–H and O–H groups in total. The van der Waals surface area contributed by atoms with Crippen molar-refractivity contribution in [3.8, 4) is 0 Å². The van der Waals surface area contributed by atoms with Gasteiger partial charge in [-0.15, -0.1) is 10.2 Å². The molecular weight excluding hydrogens is 320 g/mol. The van der Waals surface area contributed by atoms with E-state index in [1.165, 1.54) is 0 Å². The number of benzene rings is 1. The predicted octanol–water partition coefficient (Wildman–Crippen LogP) is 2.97. The van der Waals surface area contributed by atoms with Crippen LogP contribution in [0.5, 0.6) is 0 Å². The van der Waals surface area contributed by atoms with Crippen LogP contribution in [0, 0.1) is 0 Å². The zero-order chi connectivity index (χ0) is 13.1. The minimum absolute atomic E-state index is 0.310. The monoisotopic (exact) mass is 328 g/mol. The number of anilines is 1. The molecule has 1 aromatic carbocycles. The Kier molecular flexibility index (Phi) is 3.98. The second-order valence-electron chi connectivity index (χ2n) is 3.52. The smallest absolute Gasteiger partial charge is 0.259 e. The van der Waals surface area contributed by atoms with Gasteiger partial charge >= 0.3 is 0 Å². The van der Waals surface area contributed by atoms with E-state index < -0.39 is 0 Å². The number of nitrogens with one attached hydrogen (secondary N) is 1. The van der Waals surface area contributed by atoms with E-state index in [9.17, 15) is 4.79 Å². The van der Waals surface area contributed by atoms with E-state index >= 15 is 0 Å². The third-order valence-corrected chi connectivity index (χ3v) is 3.16. The van der Waals surface area contributed by atoms with Gasteiger partial charge in [0.2, 0.25) is 5.95 Å². The molecule has 18 heavy (non-hydrogen) atoms. The van der Waals surface area contributed by atoms with Crippen molar-refractivity contribution in [3.63, 3.8) is 0 Å². The third-order valence-electron chi connectivity index (χ3n) is 2.36.